The minimum Gasteiger partial charge on any atom is -0.497 e. The molecule has 2 nitrogen and oxygen atoms in total. The lowest BCUT2D eigenvalue weighted by Gasteiger charge is -2.06. The molecule has 0 aromatic heterocycles. The van der Waals surface area contributed by atoms with Crippen LogP contribution >= 0.6 is 0 Å². The molecule has 3 rings (SSSR count). The molecular weight excluding hydrogens is 308 g/mol. The minimum atomic E-state index is 0.665. The van der Waals surface area contributed by atoms with Gasteiger partial charge in [0.1, 0.15) is 5.75 Å². The van der Waals surface area contributed by atoms with Gasteiger partial charge in [0, 0.05) is 6.61 Å². The molecule has 25 heavy (non-hydrogen) atoms. The Morgan fingerprint density at radius 1 is 0.640 bits per heavy atom. The van der Waals surface area contributed by atoms with E-state index in [0.717, 1.165) is 25.2 Å². The number of aryl methyl sites for hydroxylation is 1. The molecule has 130 valence electrons. The predicted molar refractivity (Wildman–Crippen MR) is 104 cm³/mol. The molecule has 3 aromatic rings. The second-order valence-corrected chi connectivity index (χ2v) is 5.64. The van der Waals surface area contributed by atoms with Crippen LogP contribution in [-0.2, 0) is 17.8 Å². The third-order valence-corrected chi connectivity index (χ3v) is 3.69. The Morgan fingerprint density at radius 2 is 1.20 bits per heavy atom. The van der Waals surface area contributed by atoms with Crippen molar-refractivity contribution in [3.63, 3.8) is 0 Å². The van der Waals surface area contributed by atoms with E-state index in [0.29, 0.717) is 6.61 Å². The standard InChI is InChI=1S/C17H20O2.C6H6/c1-18-17-11-9-16(10-12-17)14-19-13-5-8-15-6-3-2-4-7-15;1-2-4-6-5-3-1/h2-4,6-7,9-12H,5,8,13-14H2,1H3;1-6H. The van der Waals surface area contributed by atoms with Gasteiger partial charge in [-0.1, -0.05) is 78.9 Å². The van der Waals surface area contributed by atoms with Crippen molar-refractivity contribution in [1.82, 2.24) is 0 Å². The second-order valence-electron chi connectivity index (χ2n) is 5.64. The molecule has 3 aromatic carbocycles. The minimum absolute atomic E-state index is 0.665. The van der Waals surface area contributed by atoms with Gasteiger partial charge in [0.05, 0.1) is 13.7 Å². The molecule has 0 saturated carbocycles. The summed E-state index contributed by atoms with van der Waals surface area (Å²) in [5, 5.41) is 0. The van der Waals surface area contributed by atoms with Crippen molar-refractivity contribution in [2.75, 3.05) is 13.7 Å². The largest absolute Gasteiger partial charge is 0.497 e. The van der Waals surface area contributed by atoms with Gasteiger partial charge in [-0.25, -0.2) is 0 Å². The summed E-state index contributed by atoms with van der Waals surface area (Å²) >= 11 is 0. The first-order valence-corrected chi connectivity index (χ1v) is 8.63. The van der Waals surface area contributed by atoms with E-state index in [4.69, 9.17) is 9.47 Å². The van der Waals surface area contributed by atoms with E-state index < -0.39 is 0 Å². The van der Waals surface area contributed by atoms with Crippen molar-refractivity contribution in [3.8, 4) is 5.75 Å². The summed E-state index contributed by atoms with van der Waals surface area (Å²) in [7, 11) is 1.68. The highest BCUT2D eigenvalue weighted by molar-refractivity contribution is 5.26. The molecule has 0 spiro atoms. The summed E-state index contributed by atoms with van der Waals surface area (Å²) in [5.74, 6) is 0.882. The van der Waals surface area contributed by atoms with Crippen LogP contribution in [0.3, 0.4) is 0 Å². The van der Waals surface area contributed by atoms with Crippen molar-refractivity contribution >= 4 is 0 Å². The van der Waals surface area contributed by atoms with Gasteiger partial charge < -0.3 is 9.47 Å². The van der Waals surface area contributed by atoms with Gasteiger partial charge in [0.25, 0.3) is 0 Å². The highest BCUT2D eigenvalue weighted by Crippen LogP contribution is 2.12. The van der Waals surface area contributed by atoms with E-state index in [2.05, 4.69) is 24.3 Å². The summed E-state index contributed by atoms with van der Waals surface area (Å²) < 4.78 is 10.8. The molecule has 0 bridgehead atoms. The van der Waals surface area contributed by atoms with Crippen LogP contribution in [0.25, 0.3) is 0 Å². The van der Waals surface area contributed by atoms with Gasteiger partial charge in [0.2, 0.25) is 0 Å². The first kappa shape index (κ1) is 18.8. The fourth-order valence-corrected chi connectivity index (χ4v) is 2.32. The molecule has 0 aliphatic rings. The zero-order valence-electron chi connectivity index (χ0n) is 14.8. The van der Waals surface area contributed by atoms with Crippen molar-refractivity contribution in [1.29, 1.82) is 0 Å². The summed E-state index contributed by atoms with van der Waals surface area (Å²) in [5.41, 5.74) is 2.55. The number of benzene rings is 3. The van der Waals surface area contributed by atoms with E-state index in [1.807, 2.05) is 66.7 Å². The zero-order valence-corrected chi connectivity index (χ0v) is 14.8. The predicted octanol–water partition coefficient (Wildman–Crippen LogP) is 5.53. The Hall–Kier alpha value is -2.58. The quantitative estimate of drug-likeness (QED) is 0.529. The van der Waals surface area contributed by atoms with Crippen LogP contribution in [0, 0.1) is 0 Å². The van der Waals surface area contributed by atoms with E-state index in [1.54, 1.807) is 7.11 Å². The van der Waals surface area contributed by atoms with E-state index in [9.17, 15) is 0 Å². The van der Waals surface area contributed by atoms with Crippen LogP contribution in [0.1, 0.15) is 17.5 Å². The smallest absolute Gasteiger partial charge is 0.118 e. The van der Waals surface area contributed by atoms with E-state index >= 15 is 0 Å². The molecule has 0 N–H and O–H groups in total. The van der Waals surface area contributed by atoms with Crippen LogP contribution < -0.4 is 4.74 Å². The Bertz CT molecular complexity index is 637. The van der Waals surface area contributed by atoms with Crippen LogP contribution in [0.4, 0.5) is 0 Å². The molecule has 0 aliphatic heterocycles. The van der Waals surface area contributed by atoms with Crippen LogP contribution in [0.15, 0.2) is 91.0 Å². The summed E-state index contributed by atoms with van der Waals surface area (Å²) in [6.07, 6.45) is 2.13. The highest BCUT2D eigenvalue weighted by Gasteiger charge is 1.96. The van der Waals surface area contributed by atoms with Crippen molar-refractivity contribution in [3.05, 3.63) is 102 Å². The third-order valence-electron chi connectivity index (χ3n) is 3.69. The summed E-state index contributed by atoms with van der Waals surface area (Å²) in [4.78, 5) is 0. The van der Waals surface area contributed by atoms with E-state index in [1.165, 1.54) is 11.1 Å². The number of hydrogen-bond donors (Lipinski definition) is 0. The lowest BCUT2D eigenvalue weighted by molar-refractivity contribution is 0.118. The number of methoxy groups -OCH3 is 1. The second kappa shape index (κ2) is 11.9. The van der Waals surface area contributed by atoms with Crippen LogP contribution in [-0.4, -0.2) is 13.7 Å². The Morgan fingerprint density at radius 3 is 1.76 bits per heavy atom. The first-order valence-electron chi connectivity index (χ1n) is 8.63. The number of hydrogen-bond acceptors (Lipinski definition) is 2. The monoisotopic (exact) mass is 334 g/mol. The topological polar surface area (TPSA) is 18.5 Å². The van der Waals surface area contributed by atoms with Crippen molar-refractivity contribution in [2.24, 2.45) is 0 Å². The number of rotatable bonds is 7. The molecule has 0 saturated heterocycles. The molecule has 0 fully saturated rings. The number of ether oxygens (including phenoxy) is 2. The summed E-state index contributed by atoms with van der Waals surface area (Å²) in [6.45, 7) is 1.46. The summed E-state index contributed by atoms with van der Waals surface area (Å²) in [6, 6.07) is 30.5. The average Bonchev–Trinajstić information content (AvgIpc) is 2.71. The van der Waals surface area contributed by atoms with Gasteiger partial charge in [-0.05, 0) is 36.1 Å². The van der Waals surface area contributed by atoms with Gasteiger partial charge in [0.15, 0.2) is 0 Å². The normalized spacial score (nSPS) is 9.80. The molecule has 0 atom stereocenters. The zero-order chi connectivity index (χ0) is 17.6. The van der Waals surface area contributed by atoms with Crippen molar-refractivity contribution < 1.29 is 9.47 Å². The molecule has 2 heteroatoms. The van der Waals surface area contributed by atoms with E-state index in [-0.39, 0.29) is 0 Å². The maximum atomic E-state index is 5.67. The fraction of sp³-hybridized carbons (Fsp3) is 0.217. The Kier molecular flexibility index (Phi) is 8.91. The molecular formula is C23H26O2. The third kappa shape index (κ3) is 8.18. The molecule has 0 heterocycles. The van der Waals surface area contributed by atoms with Crippen LogP contribution in [0.5, 0.6) is 5.75 Å². The van der Waals surface area contributed by atoms with Gasteiger partial charge in [-0.2, -0.15) is 0 Å². The molecule has 0 unspecified atom stereocenters. The Balaban J connectivity index is 0.000000316. The van der Waals surface area contributed by atoms with Crippen molar-refractivity contribution in [2.45, 2.75) is 19.4 Å². The average molecular weight is 334 g/mol. The molecule has 0 aliphatic carbocycles. The maximum absolute atomic E-state index is 5.67. The first-order chi connectivity index (χ1) is 12.4. The Labute approximate surface area is 151 Å². The molecule has 0 radical (unpaired) electrons. The maximum Gasteiger partial charge on any atom is 0.118 e. The molecule has 0 amide bonds. The highest BCUT2D eigenvalue weighted by atomic mass is 16.5. The lowest BCUT2D eigenvalue weighted by atomic mass is 10.1. The van der Waals surface area contributed by atoms with Gasteiger partial charge in [-0.3, -0.25) is 0 Å². The SMILES string of the molecule is COc1ccc(COCCCc2ccccc2)cc1.c1ccccc1. The van der Waals surface area contributed by atoms with Crippen LogP contribution in [0.2, 0.25) is 0 Å². The van der Waals surface area contributed by atoms with Gasteiger partial charge in [-0.15, -0.1) is 0 Å². The van der Waals surface area contributed by atoms with Gasteiger partial charge >= 0.3 is 0 Å². The fourth-order valence-electron chi connectivity index (χ4n) is 2.32. The lowest BCUT2D eigenvalue weighted by Crippen LogP contribution is -1.97.